The number of carbonyl (C=O) groups excluding carboxylic acids is 1. The summed E-state index contributed by atoms with van der Waals surface area (Å²) in [7, 11) is 0. The number of terminal acetylenes is 1. The van der Waals surface area contributed by atoms with Crippen LogP contribution in [0.2, 0.25) is 0 Å². The standard InChI is InChI=1S/C13H10F4O2/c1-3-12(14,15)13(16,17)10-8-6-5-7-9(10)11(18)19-4-2/h1,5-8H,4H2,2H3. The van der Waals surface area contributed by atoms with Crippen molar-refractivity contribution in [3.05, 3.63) is 35.4 Å². The Kier molecular flexibility index (Phi) is 4.20. The van der Waals surface area contributed by atoms with Gasteiger partial charge in [0.1, 0.15) is 0 Å². The first-order valence-electron chi connectivity index (χ1n) is 5.28. The molecule has 0 aromatic heterocycles. The second-order valence-corrected chi connectivity index (χ2v) is 3.56. The van der Waals surface area contributed by atoms with Crippen molar-refractivity contribution in [2.24, 2.45) is 0 Å². The predicted molar refractivity (Wildman–Crippen MR) is 60.1 cm³/mol. The number of alkyl halides is 4. The predicted octanol–water partition coefficient (Wildman–Crippen LogP) is 3.22. The molecule has 6 heteroatoms. The van der Waals surface area contributed by atoms with Crippen molar-refractivity contribution in [3.63, 3.8) is 0 Å². The molecular weight excluding hydrogens is 264 g/mol. The van der Waals surface area contributed by atoms with Gasteiger partial charge in [-0.2, -0.15) is 17.6 Å². The van der Waals surface area contributed by atoms with Gasteiger partial charge >= 0.3 is 17.8 Å². The number of hydrogen-bond donors (Lipinski definition) is 0. The van der Waals surface area contributed by atoms with Crippen molar-refractivity contribution in [1.29, 1.82) is 0 Å². The van der Waals surface area contributed by atoms with Crippen molar-refractivity contribution in [2.45, 2.75) is 18.8 Å². The monoisotopic (exact) mass is 274 g/mol. The van der Waals surface area contributed by atoms with E-state index in [1.807, 2.05) is 0 Å². The second-order valence-electron chi connectivity index (χ2n) is 3.56. The van der Waals surface area contributed by atoms with Crippen molar-refractivity contribution in [2.75, 3.05) is 6.61 Å². The molecule has 0 unspecified atom stereocenters. The first kappa shape index (κ1) is 15.0. The summed E-state index contributed by atoms with van der Waals surface area (Å²) in [5.41, 5.74) is -1.79. The Bertz CT molecular complexity index is 518. The first-order chi connectivity index (χ1) is 8.78. The molecule has 0 aliphatic heterocycles. The molecule has 1 aromatic carbocycles. The maximum Gasteiger partial charge on any atom is 0.374 e. The summed E-state index contributed by atoms with van der Waals surface area (Å²) in [5, 5.41) is 0. The van der Waals surface area contributed by atoms with Crippen LogP contribution in [0.3, 0.4) is 0 Å². The Labute approximate surface area is 107 Å². The molecule has 0 radical (unpaired) electrons. The average Bonchev–Trinajstić information content (AvgIpc) is 2.38. The Morgan fingerprint density at radius 3 is 2.42 bits per heavy atom. The molecule has 19 heavy (non-hydrogen) atoms. The van der Waals surface area contributed by atoms with Crippen LogP contribution in [0, 0.1) is 12.3 Å². The number of ether oxygens (including phenoxy) is 1. The van der Waals surface area contributed by atoms with Crippen LogP contribution >= 0.6 is 0 Å². The third-order valence-corrected chi connectivity index (χ3v) is 2.34. The zero-order chi connectivity index (χ0) is 14.7. The molecular formula is C13H10F4O2. The number of carbonyl (C=O) groups is 1. The van der Waals surface area contributed by atoms with E-state index in [4.69, 9.17) is 0 Å². The zero-order valence-corrected chi connectivity index (χ0v) is 9.92. The molecule has 0 atom stereocenters. The smallest absolute Gasteiger partial charge is 0.374 e. The van der Waals surface area contributed by atoms with Gasteiger partial charge in [0.25, 0.3) is 0 Å². The van der Waals surface area contributed by atoms with Crippen molar-refractivity contribution in [3.8, 4) is 12.3 Å². The highest BCUT2D eigenvalue weighted by Crippen LogP contribution is 2.43. The van der Waals surface area contributed by atoms with Gasteiger partial charge in [-0.1, -0.05) is 18.2 Å². The number of esters is 1. The fraction of sp³-hybridized carbons (Fsp3) is 0.308. The molecule has 0 amide bonds. The SMILES string of the molecule is C#CC(F)(F)C(F)(F)c1ccccc1C(=O)OCC. The van der Waals surface area contributed by atoms with Crippen LogP contribution in [0.1, 0.15) is 22.8 Å². The number of hydrogen-bond acceptors (Lipinski definition) is 2. The number of benzene rings is 1. The lowest BCUT2D eigenvalue weighted by Crippen LogP contribution is -2.37. The minimum atomic E-state index is -4.70. The van der Waals surface area contributed by atoms with E-state index in [1.165, 1.54) is 13.0 Å². The fourth-order valence-corrected chi connectivity index (χ4v) is 1.40. The molecule has 0 spiro atoms. The summed E-state index contributed by atoms with van der Waals surface area (Å²) in [6.45, 7) is 1.40. The summed E-state index contributed by atoms with van der Waals surface area (Å²) in [5.74, 6) is -9.72. The van der Waals surface area contributed by atoms with Crippen molar-refractivity contribution >= 4 is 5.97 Å². The van der Waals surface area contributed by atoms with Gasteiger partial charge in [0.15, 0.2) is 0 Å². The van der Waals surface area contributed by atoms with Gasteiger partial charge in [-0.25, -0.2) is 4.79 Å². The Morgan fingerprint density at radius 2 is 1.89 bits per heavy atom. The van der Waals surface area contributed by atoms with E-state index in [9.17, 15) is 22.4 Å². The van der Waals surface area contributed by atoms with Crippen LogP contribution < -0.4 is 0 Å². The third kappa shape index (κ3) is 2.70. The van der Waals surface area contributed by atoms with E-state index < -0.39 is 28.9 Å². The van der Waals surface area contributed by atoms with E-state index >= 15 is 0 Å². The minimum absolute atomic E-state index is 0.0652. The number of rotatable bonds is 4. The van der Waals surface area contributed by atoms with Crippen LogP contribution in [0.25, 0.3) is 0 Å². The van der Waals surface area contributed by atoms with Gasteiger partial charge in [0.2, 0.25) is 0 Å². The lowest BCUT2D eigenvalue weighted by molar-refractivity contribution is -0.180. The van der Waals surface area contributed by atoms with E-state index in [0.29, 0.717) is 0 Å². The van der Waals surface area contributed by atoms with Gasteiger partial charge in [0.05, 0.1) is 12.2 Å². The molecule has 0 aliphatic carbocycles. The van der Waals surface area contributed by atoms with Gasteiger partial charge in [-0.3, -0.25) is 0 Å². The summed E-state index contributed by atoms with van der Waals surface area (Å²) < 4.78 is 58.1. The Balaban J connectivity index is 3.36. The molecule has 0 N–H and O–H groups in total. The lowest BCUT2D eigenvalue weighted by Gasteiger charge is -2.24. The Hall–Kier alpha value is -2.03. The van der Waals surface area contributed by atoms with Crippen LogP contribution in [0.4, 0.5) is 17.6 Å². The summed E-state index contributed by atoms with van der Waals surface area (Å²) in [6, 6.07) is 4.07. The van der Waals surface area contributed by atoms with Gasteiger partial charge in [-0.15, -0.1) is 6.42 Å². The number of halogens is 4. The summed E-state index contributed by atoms with van der Waals surface area (Å²) in [6.07, 6.45) is 4.42. The normalized spacial score (nSPS) is 11.8. The highest BCUT2D eigenvalue weighted by Gasteiger charge is 2.57. The molecule has 0 saturated heterocycles. The Morgan fingerprint density at radius 1 is 1.32 bits per heavy atom. The molecule has 0 aliphatic rings. The quantitative estimate of drug-likeness (QED) is 0.478. The van der Waals surface area contributed by atoms with E-state index in [-0.39, 0.29) is 6.61 Å². The van der Waals surface area contributed by atoms with Crippen LogP contribution in [-0.2, 0) is 10.7 Å². The van der Waals surface area contributed by atoms with Crippen molar-refractivity contribution < 1.29 is 27.1 Å². The van der Waals surface area contributed by atoms with Gasteiger partial charge < -0.3 is 4.74 Å². The van der Waals surface area contributed by atoms with Gasteiger partial charge in [-0.05, 0) is 18.9 Å². The van der Waals surface area contributed by atoms with Crippen molar-refractivity contribution in [1.82, 2.24) is 0 Å². The molecule has 102 valence electrons. The maximum atomic E-state index is 13.7. The van der Waals surface area contributed by atoms with E-state index in [1.54, 1.807) is 0 Å². The van der Waals surface area contributed by atoms with Crippen LogP contribution in [0.15, 0.2) is 24.3 Å². The van der Waals surface area contributed by atoms with E-state index in [0.717, 1.165) is 24.1 Å². The van der Waals surface area contributed by atoms with Crippen LogP contribution in [-0.4, -0.2) is 18.5 Å². The molecule has 0 saturated carbocycles. The highest BCUT2D eigenvalue weighted by atomic mass is 19.3. The highest BCUT2D eigenvalue weighted by molar-refractivity contribution is 5.91. The molecule has 0 heterocycles. The van der Waals surface area contributed by atoms with Crippen LogP contribution in [0.5, 0.6) is 0 Å². The lowest BCUT2D eigenvalue weighted by atomic mass is 9.97. The fourth-order valence-electron chi connectivity index (χ4n) is 1.40. The third-order valence-electron chi connectivity index (χ3n) is 2.34. The zero-order valence-electron chi connectivity index (χ0n) is 9.92. The molecule has 0 fully saturated rings. The molecule has 0 bridgehead atoms. The summed E-state index contributed by atoms with van der Waals surface area (Å²) >= 11 is 0. The second kappa shape index (κ2) is 5.31. The average molecular weight is 274 g/mol. The van der Waals surface area contributed by atoms with Gasteiger partial charge in [0, 0.05) is 5.56 Å². The minimum Gasteiger partial charge on any atom is -0.462 e. The maximum absolute atomic E-state index is 13.7. The molecule has 2 nitrogen and oxygen atoms in total. The molecule has 1 rings (SSSR count). The molecule has 1 aromatic rings. The first-order valence-corrected chi connectivity index (χ1v) is 5.28. The topological polar surface area (TPSA) is 26.3 Å². The summed E-state index contributed by atoms with van der Waals surface area (Å²) in [4.78, 5) is 11.5. The van der Waals surface area contributed by atoms with E-state index in [2.05, 4.69) is 11.2 Å². The largest absolute Gasteiger partial charge is 0.462 e.